The lowest BCUT2D eigenvalue weighted by Crippen LogP contribution is -2.53. The van der Waals surface area contributed by atoms with Crippen molar-refractivity contribution in [2.75, 3.05) is 32.1 Å². The summed E-state index contributed by atoms with van der Waals surface area (Å²) in [5.74, 6) is 3.17. The van der Waals surface area contributed by atoms with Crippen molar-refractivity contribution in [1.82, 2.24) is 21.3 Å². The van der Waals surface area contributed by atoms with E-state index in [2.05, 4.69) is 96.7 Å². The van der Waals surface area contributed by atoms with Gasteiger partial charge in [-0.15, -0.1) is 4.91 Å². The fourth-order valence-corrected chi connectivity index (χ4v) is 17.1. The van der Waals surface area contributed by atoms with Crippen LogP contribution in [0, 0.1) is 57.1 Å². The molecular weight excluding hydrogens is 1260 g/mol. The van der Waals surface area contributed by atoms with Crippen molar-refractivity contribution in [2.45, 2.75) is 181 Å². The molecule has 3 saturated carbocycles. The van der Waals surface area contributed by atoms with Crippen LogP contribution in [0.15, 0.2) is 175 Å². The standard InChI is InChI=1S/C83H103FN6O10/c1-56(2)17-15-18-57(3)71-42-43-72-70-41-30-63-54-69(46-48-81(63,4)73(70)47-49-82(71,72)5)98-52-16-50-85-76(91)44-45-77(92)88-75(53-58-24-31-64(84)32-25-58)79(94)89-74(78(93)87-65-33-26-59(27-34-65)55-99-80(95)100-68-39-35-66(90-96)36-40-68)23-13-14-51-86-83(60-19-9-7-10-20-60,61-21-11-8-12-22-61)62-28-37-67(97-6)38-29-62/h7-12,19-22,24-40,56-57,69-75,86H,13-18,23,41-55H2,1-6H3,(H,85,91)(H,87,93)(H,88,92)(H,89,94)/t57-,69+,70+,71-,72+,73+,74+,75+,81+,82-/m1/s1. The molecule has 0 unspecified atom stereocenters. The van der Waals surface area contributed by atoms with E-state index < -0.39 is 47.3 Å². The van der Waals surface area contributed by atoms with E-state index in [9.17, 15) is 33.3 Å². The summed E-state index contributed by atoms with van der Waals surface area (Å²) in [6.45, 7) is 13.7. The van der Waals surface area contributed by atoms with Crippen molar-refractivity contribution < 1.29 is 47.3 Å². The molecule has 4 aliphatic carbocycles. The molecule has 10 rings (SSSR count). The molecule has 532 valence electrons. The highest BCUT2D eigenvalue weighted by molar-refractivity contribution is 5.98. The fourth-order valence-electron chi connectivity index (χ4n) is 17.1. The first-order chi connectivity index (χ1) is 48.4. The van der Waals surface area contributed by atoms with Gasteiger partial charge >= 0.3 is 6.16 Å². The third-order valence-corrected chi connectivity index (χ3v) is 22.4. The number of rotatable bonds is 34. The minimum Gasteiger partial charge on any atom is -0.497 e. The number of ether oxygens (including phenoxy) is 4. The number of amides is 4. The van der Waals surface area contributed by atoms with Gasteiger partial charge in [-0.1, -0.05) is 163 Å². The van der Waals surface area contributed by atoms with E-state index in [1.54, 1.807) is 36.9 Å². The fraction of sp³-hybridized carbons (Fsp3) is 0.482. The maximum atomic E-state index is 14.7. The van der Waals surface area contributed by atoms with Gasteiger partial charge in [0.15, 0.2) is 0 Å². The third-order valence-electron chi connectivity index (χ3n) is 22.4. The number of carbonyl (C=O) groups excluding carboxylic acids is 5. The lowest BCUT2D eigenvalue weighted by Gasteiger charge is -2.58. The first kappa shape index (κ1) is 74.2. The predicted molar refractivity (Wildman–Crippen MR) is 389 cm³/mol. The van der Waals surface area contributed by atoms with Gasteiger partial charge in [0.25, 0.3) is 0 Å². The molecule has 10 atom stereocenters. The van der Waals surface area contributed by atoms with E-state index in [0.717, 1.165) is 77.2 Å². The van der Waals surface area contributed by atoms with Crippen LogP contribution in [-0.4, -0.2) is 74.8 Å². The van der Waals surface area contributed by atoms with Gasteiger partial charge in [-0.05, 0) is 224 Å². The summed E-state index contributed by atoms with van der Waals surface area (Å²) in [6, 6.07) is 43.9. The van der Waals surface area contributed by atoms with Crippen LogP contribution in [0.4, 0.5) is 20.6 Å². The molecule has 3 fully saturated rings. The Hall–Kier alpha value is -8.54. The van der Waals surface area contributed by atoms with Gasteiger partial charge in [-0.3, -0.25) is 24.5 Å². The summed E-state index contributed by atoms with van der Waals surface area (Å²) in [7, 11) is 1.63. The number of fused-ring (bicyclic) bond motifs is 5. The molecule has 0 bridgehead atoms. The summed E-state index contributed by atoms with van der Waals surface area (Å²) < 4.78 is 36.9. The smallest absolute Gasteiger partial charge is 0.497 e. The topological polar surface area (TPSA) is 212 Å². The second kappa shape index (κ2) is 35.2. The molecule has 17 heteroatoms. The van der Waals surface area contributed by atoms with Gasteiger partial charge in [-0.2, -0.15) is 0 Å². The number of nitrogens with zero attached hydrogens (tertiary/aromatic N) is 1. The largest absolute Gasteiger partial charge is 0.514 e. The number of allylic oxidation sites excluding steroid dienone is 1. The van der Waals surface area contributed by atoms with Crippen molar-refractivity contribution in [1.29, 1.82) is 0 Å². The molecule has 0 radical (unpaired) electrons. The first-order valence-corrected chi connectivity index (χ1v) is 36.5. The molecular formula is C83H103FN6O10. The van der Waals surface area contributed by atoms with E-state index in [1.165, 1.54) is 99.9 Å². The SMILES string of the molecule is COc1ccc(C(NCCCC[C@H](NC(=O)[C@H](Cc2ccc(F)cc2)NC(=O)CCC(=O)NCCCO[C@H]2CC[C@@]3(C)C(=CC[C@H]4[C@@H]5CC[C@H]([C@H](C)CCCC(C)C)[C@@]5(C)CC[C@@H]43)C2)C(=O)Nc2ccc(COC(=O)Oc3ccc(N=O)cc3)cc2)(c2ccccc2)c2ccccc2)cc1. The van der Waals surface area contributed by atoms with E-state index in [0.29, 0.717) is 61.2 Å². The molecule has 16 nitrogen and oxygen atoms in total. The average molecular weight is 1360 g/mol. The first-order valence-electron chi connectivity index (χ1n) is 36.5. The highest BCUT2D eigenvalue weighted by atomic mass is 19.1. The number of nitroso groups, excluding NO2 is 1. The molecule has 0 aromatic heterocycles. The number of hydrogen-bond donors (Lipinski definition) is 5. The van der Waals surface area contributed by atoms with Crippen LogP contribution in [0.3, 0.4) is 0 Å². The van der Waals surface area contributed by atoms with Crippen molar-refractivity contribution in [3.05, 3.63) is 208 Å². The number of hydrogen-bond acceptors (Lipinski definition) is 12. The summed E-state index contributed by atoms with van der Waals surface area (Å²) >= 11 is 0. The Kier molecular flexibility index (Phi) is 26.1. The summed E-state index contributed by atoms with van der Waals surface area (Å²) in [5.41, 5.74) is 6.24. The van der Waals surface area contributed by atoms with Crippen molar-refractivity contribution in [3.8, 4) is 11.5 Å². The van der Waals surface area contributed by atoms with Crippen LogP contribution in [0.2, 0.25) is 0 Å². The lowest BCUT2D eigenvalue weighted by atomic mass is 9.47. The van der Waals surface area contributed by atoms with Crippen molar-refractivity contribution >= 4 is 41.2 Å². The Labute approximate surface area is 590 Å². The van der Waals surface area contributed by atoms with Crippen LogP contribution < -0.4 is 36.1 Å². The molecule has 0 aliphatic heterocycles. The monoisotopic (exact) mass is 1360 g/mol. The zero-order valence-corrected chi connectivity index (χ0v) is 59.2. The number of benzene rings is 6. The normalized spacial score (nSPS) is 21.7. The van der Waals surface area contributed by atoms with Crippen LogP contribution in [-0.2, 0) is 47.2 Å². The molecule has 4 amide bonds. The van der Waals surface area contributed by atoms with E-state index >= 15 is 0 Å². The Morgan fingerprint density at radius 2 is 1.31 bits per heavy atom. The second-order valence-corrected chi connectivity index (χ2v) is 29.3. The van der Waals surface area contributed by atoms with Gasteiger partial charge in [0.1, 0.15) is 41.7 Å². The number of methoxy groups -OCH3 is 1. The van der Waals surface area contributed by atoms with E-state index in [1.807, 2.05) is 60.7 Å². The van der Waals surface area contributed by atoms with Crippen LogP contribution in [0.1, 0.15) is 172 Å². The number of anilines is 1. The molecule has 0 heterocycles. The van der Waals surface area contributed by atoms with Gasteiger partial charge in [0, 0.05) is 38.1 Å². The highest BCUT2D eigenvalue weighted by Gasteiger charge is 2.59. The molecule has 0 spiro atoms. The predicted octanol–water partition coefficient (Wildman–Crippen LogP) is 16.6. The molecule has 100 heavy (non-hydrogen) atoms. The molecule has 6 aromatic carbocycles. The number of nitrogens with one attached hydrogen (secondary N) is 5. The molecule has 4 aliphatic rings. The Balaban J connectivity index is 0.741. The Bertz CT molecular complexity index is 3650. The zero-order chi connectivity index (χ0) is 70.7. The Morgan fingerprint density at radius 1 is 0.640 bits per heavy atom. The minimum atomic E-state index is -1.21. The second-order valence-electron chi connectivity index (χ2n) is 29.3. The molecule has 5 N–H and O–H groups in total. The van der Waals surface area contributed by atoms with Crippen LogP contribution in [0.25, 0.3) is 0 Å². The van der Waals surface area contributed by atoms with E-state index in [-0.39, 0.29) is 61.2 Å². The molecule has 6 aromatic rings. The van der Waals surface area contributed by atoms with Crippen LogP contribution >= 0.6 is 0 Å². The number of carbonyl (C=O) groups is 5. The minimum absolute atomic E-state index is 0.0348. The maximum Gasteiger partial charge on any atom is 0.514 e. The van der Waals surface area contributed by atoms with Gasteiger partial charge in [-0.25, -0.2) is 9.18 Å². The average Bonchev–Trinajstić information content (AvgIpc) is 1.40. The summed E-state index contributed by atoms with van der Waals surface area (Å²) in [5, 5.41) is 18.4. The van der Waals surface area contributed by atoms with Crippen molar-refractivity contribution in [3.63, 3.8) is 0 Å². The van der Waals surface area contributed by atoms with Gasteiger partial charge in [0.2, 0.25) is 23.6 Å². The van der Waals surface area contributed by atoms with Gasteiger partial charge < -0.3 is 40.2 Å². The third kappa shape index (κ3) is 18.9. The molecule has 0 saturated heterocycles. The number of unbranched alkanes of at least 4 members (excludes halogenated alkanes) is 1. The maximum absolute atomic E-state index is 14.7. The van der Waals surface area contributed by atoms with Gasteiger partial charge in [0.05, 0.1) is 18.8 Å². The Morgan fingerprint density at radius 3 is 1.99 bits per heavy atom. The zero-order valence-electron chi connectivity index (χ0n) is 59.2. The number of halogens is 1. The summed E-state index contributed by atoms with van der Waals surface area (Å²) in [4.78, 5) is 79.7. The van der Waals surface area contributed by atoms with Crippen molar-refractivity contribution in [2.24, 2.45) is 51.5 Å². The quantitative estimate of drug-likeness (QED) is 0.00640. The summed E-state index contributed by atoms with van der Waals surface area (Å²) in [6.07, 6.45) is 17.2. The van der Waals surface area contributed by atoms with E-state index in [4.69, 9.17) is 18.9 Å². The van der Waals surface area contributed by atoms with Crippen LogP contribution in [0.5, 0.6) is 11.5 Å². The highest BCUT2D eigenvalue weighted by Crippen LogP contribution is 2.67. The lowest BCUT2D eigenvalue weighted by molar-refractivity contribution is -0.131.